The van der Waals surface area contributed by atoms with Crippen LogP contribution in [-0.2, 0) is 0 Å². The Kier molecular flexibility index (Phi) is 3.60. The van der Waals surface area contributed by atoms with E-state index < -0.39 is 0 Å². The Morgan fingerprint density at radius 1 is 1.24 bits per heavy atom. The molecule has 0 atom stereocenters. The van der Waals surface area contributed by atoms with Crippen LogP contribution in [0.3, 0.4) is 0 Å². The lowest BCUT2D eigenvalue weighted by atomic mass is 9.79. The van der Waals surface area contributed by atoms with Crippen molar-refractivity contribution in [3.63, 3.8) is 0 Å². The topological polar surface area (TPSA) is 17.1 Å². The highest BCUT2D eigenvalue weighted by molar-refractivity contribution is 5.98. The number of ketones is 1. The molecule has 0 spiro atoms. The smallest absolute Gasteiger partial charge is 0.168 e. The van der Waals surface area contributed by atoms with E-state index in [1.54, 1.807) is 6.07 Å². The second kappa shape index (κ2) is 4.99. The van der Waals surface area contributed by atoms with Crippen molar-refractivity contribution < 1.29 is 9.18 Å². The lowest BCUT2D eigenvalue weighted by molar-refractivity contribution is 0.0871. The van der Waals surface area contributed by atoms with Crippen molar-refractivity contribution in [3.8, 4) is 0 Å². The first-order chi connectivity index (χ1) is 8.08. The summed E-state index contributed by atoms with van der Waals surface area (Å²) in [6, 6.07) is 4.88. The Morgan fingerprint density at radius 3 is 2.47 bits per heavy atom. The molecule has 0 N–H and O–H groups in total. The van der Waals surface area contributed by atoms with E-state index >= 15 is 0 Å². The first-order valence-electron chi connectivity index (χ1n) is 6.38. The zero-order valence-corrected chi connectivity index (χ0v) is 10.5. The Hall–Kier alpha value is -1.18. The first kappa shape index (κ1) is 12.3. The number of hydrogen-bond acceptors (Lipinski definition) is 1. The zero-order chi connectivity index (χ0) is 12.4. The summed E-state index contributed by atoms with van der Waals surface area (Å²) in [6.07, 6.45) is 3.99. The van der Waals surface area contributed by atoms with Crippen molar-refractivity contribution in [1.82, 2.24) is 0 Å². The summed E-state index contributed by atoms with van der Waals surface area (Å²) < 4.78 is 13.7. The van der Waals surface area contributed by atoms with Gasteiger partial charge in [-0.2, -0.15) is 0 Å². The van der Waals surface area contributed by atoms with E-state index in [4.69, 9.17) is 0 Å². The SMILES string of the molecule is Cc1ccc(C(=O)C2CCC(C)CC2)c(F)c1. The number of carbonyl (C=O) groups is 1. The molecule has 17 heavy (non-hydrogen) atoms. The van der Waals surface area contributed by atoms with Gasteiger partial charge in [-0.25, -0.2) is 4.39 Å². The van der Waals surface area contributed by atoms with E-state index in [1.165, 1.54) is 6.07 Å². The summed E-state index contributed by atoms with van der Waals surface area (Å²) in [5, 5.41) is 0. The molecule has 2 rings (SSSR count). The third-order valence-corrected chi connectivity index (χ3v) is 3.78. The van der Waals surface area contributed by atoms with Crippen LogP contribution in [0.4, 0.5) is 4.39 Å². The van der Waals surface area contributed by atoms with E-state index in [1.807, 2.05) is 13.0 Å². The number of halogens is 1. The van der Waals surface area contributed by atoms with Gasteiger partial charge in [0.25, 0.3) is 0 Å². The summed E-state index contributed by atoms with van der Waals surface area (Å²) in [4.78, 5) is 12.2. The second-order valence-electron chi connectivity index (χ2n) is 5.30. The van der Waals surface area contributed by atoms with Crippen LogP contribution in [0.5, 0.6) is 0 Å². The minimum atomic E-state index is -0.367. The molecular weight excluding hydrogens is 215 g/mol. The zero-order valence-electron chi connectivity index (χ0n) is 10.5. The Labute approximate surface area is 102 Å². The van der Waals surface area contributed by atoms with Gasteiger partial charge in [-0.15, -0.1) is 0 Å². The molecule has 0 aliphatic heterocycles. The van der Waals surface area contributed by atoms with Crippen molar-refractivity contribution in [2.75, 3.05) is 0 Å². The largest absolute Gasteiger partial charge is 0.294 e. The van der Waals surface area contributed by atoms with E-state index in [2.05, 4.69) is 6.92 Å². The molecular formula is C15H19FO. The second-order valence-corrected chi connectivity index (χ2v) is 5.30. The molecule has 1 aromatic rings. The van der Waals surface area contributed by atoms with Gasteiger partial charge in [-0.3, -0.25) is 4.79 Å². The molecule has 0 radical (unpaired) electrons. The Balaban J connectivity index is 2.14. The molecule has 2 heteroatoms. The minimum Gasteiger partial charge on any atom is -0.294 e. The van der Waals surface area contributed by atoms with E-state index in [0.29, 0.717) is 5.92 Å². The van der Waals surface area contributed by atoms with Gasteiger partial charge in [0.15, 0.2) is 5.78 Å². The summed E-state index contributed by atoms with van der Waals surface area (Å²) in [7, 11) is 0. The predicted octanol–water partition coefficient (Wildman–Crippen LogP) is 4.14. The fourth-order valence-corrected chi connectivity index (χ4v) is 2.56. The molecule has 0 bridgehead atoms. The van der Waals surface area contributed by atoms with Crippen molar-refractivity contribution in [2.24, 2.45) is 11.8 Å². The van der Waals surface area contributed by atoms with Crippen LogP contribution in [0.15, 0.2) is 18.2 Å². The molecule has 0 saturated heterocycles. The third-order valence-electron chi connectivity index (χ3n) is 3.78. The number of benzene rings is 1. The number of aryl methyl sites for hydroxylation is 1. The lowest BCUT2D eigenvalue weighted by Crippen LogP contribution is -2.21. The molecule has 1 fully saturated rings. The normalized spacial score (nSPS) is 24.6. The number of Topliss-reactive ketones (excluding diaryl/α,β-unsaturated/α-hetero) is 1. The van der Waals surface area contributed by atoms with E-state index in [-0.39, 0.29) is 23.1 Å². The van der Waals surface area contributed by atoms with Gasteiger partial charge in [0, 0.05) is 5.92 Å². The summed E-state index contributed by atoms with van der Waals surface area (Å²) in [5.41, 5.74) is 1.13. The van der Waals surface area contributed by atoms with Crippen LogP contribution in [0, 0.1) is 24.6 Å². The summed E-state index contributed by atoms with van der Waals surface area (Å²) in [5.74, 6) is 0.369. The molecule has 1 aromatic carbocycles. The fourth-order valence-electron chi connectivity index (χ4n) is 2.56. The fraction of sp³-hybridized carbons (Fsp3) is 0.533. The van der Waals surface area contributed by atoms with Crippen LogP contribution in [0.1, 0.15) is 48.5 Å². The average Bonchev–Trinajstić information content (AvgIpc) is 2.29. The molecule has 1 saturated carbocycles. The van der Waals surface area contributed by atoms with E-state index in [9.17, 15) is 9.18 Å². The Bertz CT molecular complexity index is 417. The molecule has 0 unspecified atom stereocenters. The first-order valence-corrected chi connectivity index (χ1v) is 6.38. The molecule has 1 nitrogen and oxygen atoms in total. The van der Waals surface area contributed by atoms with Crippen LogP contribution in [0.2, 0.25) is 0 Å². The maximum atomic E-state index is 13.7. The molecule has 1 aliphatic rings. The van der Waals surface area contributed by atoms with Gasteiger partial charge in [-0.1, -0.05) is 25.8 Å². The van der Waals surface area contributed by atoms with Crippen molar-refractivity contribution >= 4 is 5.78 Å². The highest BCUT2D eigenvalue weighted by Crippen LogP contribution is 2.31. The van der Waals surface area contributed by atoms with Crippen LogP contribution in [0.25, 0.3) is 0 Å². The summed E-state index contributed by atoms with van der Waals surface area (Å²) >= 11 is 0. The third kappa shape index (κ3) is 2.74. The number of rotatable bonds is 2. The van der Waals surface area contributed by atoms with Gasteiger partial charge in [0.2, 0.25) is 0 Å². The lowest BCUT2D eigenvalue weighted by Gasteiger charge is -2.25. The van der Waals surface area contributed by atoms with Gasteiger partial charge in [-0.05, 0) is 43.4 Å². The van der Waals surface area contributed by atoms with Gasteiger partial charge < -0.3 is 0 Å². The highest BCUT2D eigenvalue weighted by atomic mass is 19.1. The monoisotopic (exact) mass is 234 g/mol. The van der Waals surface area contributed by atoms with Crippen molar-refractivity contribution in [1.29, 1.82) is 0 Å². The maximum Gasteiger partial charge on any atom is 0.168 e. The van der Waals surface area contributed by atoms with Gasteiger partial charge in [0.05, 0.1) is 5.56 Å². The number of hydrogen-bond donors (Lipinski definition) is 0. The van der Waals surface area contributed by atoms with Crippen molar-refractivity contribution in [3.05, 3.63) is 35.1 Å². The average molecular weight is 234 g/mol. The number of carbonyl (C=O) groups excluding carboxylic acids is 1. The predicted molar refractivity (Wildman–Crippen MR) is 66.6 cm³/mol. The van der Waals surface area contributed by atoms with Crippen molar-refractivity contribution in [2.45, 2.75) is 39.5 Å². The molecule has 0 heterocycles. The highest BCUT2D eigenvalue weighted by Gasteiger charge is 2.26. The molecule has 0 amide bonds. The molecule has 0 aromatic heterocycles. The van der Waals surface area contributed by atoms with Crippen LogP contribution < -0.4 is 0 Å². The van der Waals surface area contributed by atoms with E-state index in [0.717, 1.165) is 31.2 Å². The summed E-state index contributed by atoms with van der Waals surface area (Å²) in [6.45, 7) is 4.05. The quantitative estimate of drug-likeness (QED) is 0.703. The maximum absolute atomic E-state index is 13.7. The molecule has 92 valence electrons. The standard InChI is InChI=1S/C15H19FO/c1-10-3-6-12(7-4-10)15(17)13-8-5-11(2)9-14(13)16/h5,8-10,12H,3-4,6-7H2,1-2H3. The van der Waals surface area contributed by atoms with Gasteiger partial charge in [0.1, 0.15) is 5.82 Å². The van der Waals surface area contributed by atoms with Crippen LogP contribution in [-0.4, -0.2) is 5.78 Å². The Morgan fingerprint density at radius 2 is 1.88 bits per heavy atom. The van der Waals surface area contributed by atoms with Gasteiger partial charge >= 0.3 is 0 Å². The minimum absolute atomic E-state index is 0.00519. The molecule has 1 aliphatic carbocycles. The van der Waals surface area contributed by atoms with Crippen LogP contribution >= 0.6 is 0 Å².